The molecular weight excluding hydrogens is 456 g/mol. The van der Waals surface area contributed by atoms with Crippen LogP contribution in [0.3, 0.4) is 0 Å². The van der Waals surface area contributed by atoms with Gasteiger partial charge in [-0.15, -0.1) is 0 Å². The Bertz CT molecular complexity index is 1220. The van der Waals surface area contributed by atoms with E-state index in [2.05, 4.69) is 0 Å². The maximum absolute atomic E-state index is 12.5. The summed E-state index contributed by atoms with van der Waals surface area (Å²) in [7, 11) is 0. The van der Waals surface area contributed by atoms with Crippen molar-refractivity contribution in [1.29, 1.82) is 0 Å². The van der Waals surface area contributed by atoms with Gasteiger partial charge in [-0.2, -0.15) is 0 Å². The van der Waals surface area contributed by atoms with Crippen LogP contribution in [0, 0.1) is 53.3 Å². The highest BCUT2D eigenvalue weighted by molar-refractivity contribution is 5.76. The van der Waals surface area contributed by atoms with Gasteiger partial charge in [-0.1, -0.05) is 0 Å². The van der Waals surface area contributed by atoms with E-state index in [4.69, 9.17) is 37.9 Å². The molecule has 9 nitrogen and oxygen atoms in total. The van der Waals surface area contributed by atoms with E-state index in [9.17, 15) is 5.11 Å². The number of fused-ring (bicyclic) bond motifs is 12. The summed E-state index contributed by atoms with van der Waals surface area (Å²) in [5, 5.41) is 12.5. The van der Waals surface area contributed by atoms with Crippen LogP contribution in [0.25, 0.3) is 0 Å². The summed E-state index contributed by atoms with van der Waals surface area (Å²) < 4.78 is 55.1. The first-order chi connectivity index (χ1) is 17.2. The molecule has 8 spiro atoms. The van der Waals surface area contributed by atoms with Crippen molar-refractivity contribution in [3.05, 3.63) is 0 Å². The highest BCUT2D eigenvalue weighted by atomic mass is 16.7. The first-order valence-electron chi connectivity index (χ1n) is 14.0. The second-order valence-electron chi connectivity index (χ2n) is 14.2. The van der Waals surface area contributed by atoms with Crippen LogP contribution in [0.2, 0.25) is 0 Å². The zero-order valence-electron chi connectivity index (χ0n) is 19.1. The first-order valence-corrected chi connectivity index (χ1v) is 14.0. The monoisotopic (exact) mass is 482 g/mol. The van der Waals surface area contributed by atoms with Crippen molar-refractivity contribution >= 4 is 0 Å². The third-order valence-corrected chi connectivity index (χ3v) is 15.7. The summed E-state index contributed by atoms with van der Waals surface area (Å²) >= 11 is 0. The van der Waals surface area contributed by atoms with Crippen LogP contribution in [0.5, 0.6) is 0 Å². The lowest BCUT2D eigenvalue weighted by Crippen LogP contribution is -3.31. The predicted molar refractivity (Wildman–Crippen MR) is 106 cm³/mol. The van der Waals surface area contributed by atoms with Crippen LogP contribution >= 0.6 is 0 Å². The van der Waals surface area contributed by atoms with E-state index in [-0.39, 0.29) is 5.92 Å². The van der Waals surface area contributed by atoms with Crippen molar-refractivity contribution in [3.63, 3.8) is 0 Å². The third kappa shape index (κ3) is 0.789. The van der Waals surface area contributed by atoms with Gasteiger partial charge in [-0.25, -0.2) is 0 Å². The fraction of sp³-hybridized carbons (Fsp3) is 1.00. The molecule has 3 heterocycles. The molecule has 1 N–H and O–H groups in total. The Morgan fingerprint density at radius 1 is 0.314 bits per heavy atom. The van der Waals surface area contributed by atoms with Gasteiger partial charge in [-0.3, -0.25) is 0 Å². The van der Waals surface area contributed by atoms with Crippen LogP contribution in [0.1, 0.15) is 0 Å². The Morgan fingerprint density at radius 3 is 0.800 bits per heavy atom. The lowest BCUT2D eigenvalue weighted by Gasteiger charge is -3.14. The van der Waals surface area contributed by atoms with E-state index in [1.54, 1.807) is 0 Å². The van der Waals surface area contributed by atoms with Crippen LogP contribution in [-0.2, 0) is 37.9 Å². The lowest BCUT2D eigenvalue weighted by atomic mass is 8.94. The number of ether oxygens (including phenoxy) is 8. The molecule has 16 unspecified atom stereocenters. The second-order valence-corrected chi connectivity index (χ2v) is 14.2. The maximum Gasteiger partial charge on any atom is 0.136 e. The summed E-state index contributed by atoms with van der Waals surface area (Å²) in [6.07, 6.45) is 0. The smallest absolute Gasteiger partial charge is 0.136 e. The van der Waals surface area contributed by atoms with Gasteiger partial charge < -0.3 is 43.0 Å². The van der Waals surface area contributed by atoms with Gasteiger partial charge in [0.1, 0.15) is 50.4 Å². The van der Waals surface area contributed by atoms with Crippen molar-refractivity contribution in [2.24, 2.45) is 53.3 Å². The summed E-state index contributed by atoms with van der Waals surface area (Å²) in [6.45, 7) is 3.69. The molecule has 184 valence electrons. The van der Waals surface area contributed by atoms with Crippen molar-refractivity contribution < 1.29 is 43.0 Å². The van der Waals surface area contributed by atoms with Crippen LogP contribution in [-0.4, -0.2) is 108 Å². The highest BCUT2D eigenvalue weighted by Gasteiger charge is 3.27. The van der Waals surface area contributed by atoms with Crippen LogP contribution < -0.4 is 0 Å². The van der Waals surface area contributed by atoms with E-state index in [0.29, 0.717) is 100 Å². The van der Waals surface area contributed by atoms with Gasteiger partial charge in [0.15, 0.2) is 0 Å². The molecule has 0 aromatic carbocycles. The highest BCUT2D eigenvalue weighted by Crippen LogP contribution is 3.10. The number of rotatable bonds is 0. The van der Waals surface area contributed by atoms with Crippen LogP contribution in [0.4, 0.5) is 0 Å². The molecule has 3 aliphatic heterocycles. The topological polar surface area (TPSA) is 94.1 Å². The quantitative estimate of drug-likeness (QED) is 0.443. The van der Waals surface area contributed by atoms with Gasteiger partial charge in [-0.05, 0) is 0 Å². The number of hydrogen-bond acceptors (Lipinski definition) is 9. The van der Waals surface area contributed by atoms with E-state index >= 15 is 0 Å². The Labute approximate surface area is 199 Å². The van der Waals surface area contributed by atoms with Gasteiger partial charge in [0.25, 0.3) is 0 Å². The third-order valence-electron chi connectivity index (χ3n) is 15.7. The van der Waals surface area contributed by atoms with Crippen molar-refractivity contribution in [3.8, 4) is 0 Å². The normalized spacial score (nSPS) is 88.2. The second kappa shape index (κ2) is 3.84. The Hall–Kier alpha value is -0.360. The molecule has 14 fully saturated rings. The molecule has 11 saturated carbocycles. The van der Waals surface area contributed by atoms with E-state index in [1.165, 1.54) is 0 Å². The molecule has 14 rings (SSSR count). The van der Waals surface area contributed by atoms with Crippen molar-refractivity contribution in [2.75, 3.05) is 52.9 Å². The average molecular weight is 482 g/mol. The van der Waals surface area contributed by atoms with Gasteiger partial charge >= 0.3 is 0 Å². The first kappa shape index (κ1) is 17.3. The average Bonchev–Trinajstić information content (AvgIpc) is 3.09. The molecule has 35 heavy (non-hydrogen) atoms. The molecule has 0 radical (unpaired) electrons. The zero-order valence-corrected chi connectivity index (χ0v) is 19.1. The lowest BCUT2D eigenvalue weighted by molar-refractivity contribution is -0.759. The molecule has 3 saturated heterocycles. The summed E-state index contributed by atoms with van der Waals surface area (Å²) in [4.78, 5) is 0. The minimum absolute atomic E-state index is 0.230. The summed E-state index contributed by atoms with van der Waals surface area (Å²) in [6, 6.07) is 0. The predicted octanol–water partition coefficient (Wildman–Crippen LogP) is -1.50. The molecule has 11 aliphatic carbocycles. The minimum atomic E-state index is -1.08. The molecule has 4 bridgehead atoms. The molecule has 9 heteroatoms. The fourth-order valence-electron chi connectivity index (χ4n) is 16.6. The standard InChI is InChI=1S/C26H26O9/c27-18-9-10-12-13-11(9)20(18)22(13)21(12)19(10,18)28-1-3-32-23-14-15-17-16(14)25(23,34-7-5-30-21)26(17,35-8-6-31-22)24(15,23)33-4-2-29-20/h9-17,27H,1-8H2. The zero-order chi connectivity index (χ0) is 22.0. The van der Waals surface area contributed by atoms with Gasteiger partial charge in [0, 0.05) is 53.3 Å². The number of hydrogen-bond donors (Lipinski definition) is 1. The molecule has 0 aromatic rings. The SMILES string of the molecule is OC12C3C4C5C6C3C13OCCOC17C8C9C%10C8C18OCCOC63C51OCCOC%108C97OCCOC421. The van der Waals surface area contributed by atoms with Crippen LogP contribution in [0.15, 0.2) is 0 Å². The van der Waals surface area contributed by atoms with Crippen molar-refractivity contribution in [1.82, 2.24) is 0 Å². The molecule has 0 amide bonds. The van der Waals surface area contributed by atoms with Gasteiger partial charge in [0.05, 0.1) is 52.9 Å². The Kier molecular flexibility index (Phi) is 1.89. The molecule has 16 atom stereocenters. The molecular formula is C26H26O9. The summed E-state index contributed by atoms with van der Waals surface area (Å²) in [5.74, 6) is 3.65. The Morgan fingerprint density at radius 2 is 0.514 bits per heavy atom. The minimum Gasteiger partial charge on any atom is -0.383 e. The molecule has 14 aliphatic rings. The van der Waals surface area contributed by atoms with Crippen molar-refractivity contribution in [2.45, 2.75) is 50.4 Å². The van der Waals surface area contributed by atoms with E-state index < -0.39 is 50.4 Å². The van der Waals surface area contributed by atoms with E-state index in [0.717, 1.165) is 0 Å². The summed E-state index contributed by atoms with van der Waals surface area (Å²) in [5.41, 5.74) is -5.75. The number of aliphatic hydroxyl groups is 1. The maximum atomic E-state index is 12.5. The van der Waals surface area contributed by atoms with Gasteiger partial charge in [0.2, 0.25) is 0 Å². The largest absolute Gasteiger partial charge is 0.383 e. The Balaban J connectivity index is 1.05. The van der Waals surface area contributed by atoms with E-state index in [1.807, 2.05) is 0 Å². The fourth-order valence-corrected chi connectivity index (χ4v) is 16.6. The molecule has 0 aromatic heterocycles.